The summed E-state index contributed by atoms with van der Waals surface area (Å²) in [7, 11) is 4.30. The number of fused-ring (bicyclic) bond motifs is 1. The molecule has 32 heavy (non-hydrogen) atoms. The normalized spacial score (nSPS) is 17.1. The number of nitrogen functional groups attached to an aromatic ring is 1. The van der Waals surface area contributed by atoms with Crippen molar-refractivity contribution in [2.75, 3.05) is 32.9 Å². The smallest absolute Gasteiger partial charge is 0.199 e. The summed E-state index contributed by atoms with van der Waals surface area (Å²) in [6.07, 6.45) is 3.17. The fraction of sp³-hybridized carbons (Fsp3) is 0.391. The molecule has 4 heterocycles. The zero-order valence-electron chi connectivity index (χ0n) is 18.7. The molecular formula is C23H28N8O. The highest BCUT2D eigenvalue weighted by molar-refractivity contribution is 5.94. The van der Waals surface area contributed by atoms with Crippen molar-refractivity contribution in [2.45, 2.75) is 32.5 Å². The highest BCUT2D eigenvalue weighted by atomic mass is 16.6. The molecule has 1 unspecified atom stereocenters. The molecule has 1 aliphatic heterocycles. The number of nitrogens with zero attached hydrogens (tertiary/aromatic N) is 7. The van der Waals surface area contributed by atoms with E-state index in [1.807, 2.05) is 24.4 Å². The van der Waals surface area contributed by atoms with Crippen molar-refractivity contribution >= 4 is 16.9 Å². The lowest BCUT2D eigenvalue weighted by Crippen LogP contribution is -2.31. The average molecular weight is 433 g/mol. The van der Waals surface area contributed by atoms with Crippen LogP contribution in [0.1, 0.15) is 18.9 Å². The molecule has 0 spiro atoms. The van der Waals surface area contributed by atoms with E-state index in [-0.39, 0.29) is 5.82 Å². The Kier molecular flexibility index (Phi) is 5.36. The fourth-order valence-corrected chi connectivity index (χ4v) is 4.59. The van der Waals surface area contributed by atoms with Crippen molar-refractivity contribution < 1.29 is 4.63 Å². The van der Waals surface area contributed by atoms with Gasteiger partial charge in [-0.1, -0.05) is 30.3 Å². The highest BCUT2D eigenvalue weighted by Gasteiger charge is 2.27. The number of nitrogens with two attached hydrogens (primary N) is 1. The molecular weight excluding hydrogens is 404 g/mol. The third kappa shape index (κ3) is 3.53. The maximum absolute atomic E-state index is 6.03. The van der Waals surface area contributed by atoms with Gasteiger partial charge in [-0.2, -0.15) is 0 Å². The lowest BCUT2D eigenvalue weighted by Gasteiger charge is -2.21. The van der Waals surface area contributed by atoms with Gasteiger partial charge in [0, 0.05) is 49.5 Å². The van der Waals surface area contributed by atoms with E-state index in [2.05, 4.69) is 57.8 Å². The summed E-state index contributed by atoms with van der Waals surface area (Å²) in [6.45, 7) is 5.74. The maximum atomic E-state index is 6.03. The Bertz CT molecular complexity index is 1230. The van der Waals surface area contributed by atoms with Crippen LogP contribution in [0.25, 0.3) is 33.8 Å². The average Bonchev–Trinajstić information content (AvgIpc) is 3.52. The van der Waals surface area contributed by atoms with E-state index in [0.717, 1.165) is 47.5 Å². The van der Waals surface area contributed by atoms with Gasteiger partial charge in [0.05, 0.1) is 11.2 Å². The SMILES string of the molecule is CCn1c(-c2nonc2N)nc2c(-c3ccccc3)ncc(CN3CCC(N(C)C)C3)c21. The number of benzene rings is 1. The molecule has 1 saturated heterocycles. The standard InChI is InChI=1S/C23H28N8O/c1-4-31-21-16(13-30-11-10-17(14-30)29(2)3)12-25-18(15-8-6-5-7-9-15)19(21)26-23(31)20-22(24)28-32-27-20/h5-9,12,17H,4,10-11,13-14H2,1-3H3,(H2,24,28). The van der Waals surface area contributed by atoms with Crippen LogP contribution in [-0.2, 0) is 13.1 Å². The van der Waals surface area contributed by atoms with E-state index in [1.54, 1.807) is 0 Å². The number of aromatic nitrogens is 5. The molecule has 1 aromatic carbocycles. The zero-order valence-corrected chi connectivity index (χ0v) is 18.7. The van der Waals surface area contributed by atoms with Gasteiger partial charge >= 0.3 is 0 Å². The van der Waals surface area contributed by atoms with Crippen LogP contribution in [-0.4, -0.2) is 67.9 Å². The van der Waals surface area contributed by atoms with Crippen LogP contribution >= 0.6 is 0 Å². The number of likely N-dealkylation sites (N-methyl/N-ethyl adjacent to an activating group) is 1. The molecule has 9 heteroatoms. The largest absolute Gasteiger partial charge is 0.379 e. The van der Waals surface area contributed by atoms with Gasteiger partial charge in [0.25, 0.3) is 0 Å². The molecule has 2 N–H and O–H groups in total. The van der Waals surface area contributed by atoms with Gasteiger partial charge in [0.2, 0.25) is 0 Å². The van der Waals surface area contributed by atoms with Crippen LogP contribution in [0.4, 0.5) is 5.82 Å². The zero-order chi connectivity index (χ0) is 22.2. The summed E-state index contributed by atoms with van der Waals surface area (Å²) in [5.74, 6) is 0.888. The molecule has 3 aromatic heterocycles. The molecule has 1 atom stereocenters. The Morgan fingerprint density at radius 3 is 2.62 bits per heavy atom. The van der Waals surface area contributed by atoms with Crippen molar-refractivity contribution in [1.29, 1.82) is 0 Å². The maximum Gasteiger partial charge on any atom is 0.199 e. The van der Waals surface area contributed by atoms with Crippen molar-refractivity contribution in [3.63, 3.8) is 0 Å². The Hall–Kier alpha value is -3.30. The summed E-state index contributed by atoms with van der Waals surface area (Å²) in [6, 6.07) is 10.7. The summed E-state index contributed by atoms with van der Waals surface area (Å²) in [4.78, 5) is 14.6. The number of pyridine rings is 1. The number of hydrogen-bond donors (Lipinski definition) is 1. The molecule has 0 saturated carbocycles. The predicted molar refractivity (Wildman–Crippen MR) is 124 cm³/mol. The number of aryl methyl sites for hydroxylation is 1. The molecule has 1 fully saturated rings. The topological polar surface area (TPSA) is 102 Å². The molecule has 0 bridgehead atoms. The first-order valence-electron chi connectivity index (χ1n) is 11.0. The van der Waals surface area contributed by atoms with Crippen LogP contribution in [0.2, 0.25) is 0 Å². The first kappa shape index (κ1) is 20.6. The van der Waals surface area contributed by atoms with Crippen molar-refractivity contribution in [3.8, 4) is 22.8 Å². The second kappa shape index (κ2) is 8.33. The minimum Gasteiger partial charge on any atom is -0.379 e. The number of rotatable bonds is 6. The summed E-state index contributed by atoms with van der Waals surface area (Å²) < 4.78 is 7.02. The van der Waals surface area contributed by atoms with Crippen molar-refractivity contribution in [3.05, 3.63) is 42.1 Å². The van der Waals surface area contributed by atoms with Crippen LogP contribution in [0.5, 0.6) is 0 Å². The quantitative estimate of drug-likeness (QED) is 0.496. The molecule has 0 amide bonds. The van der Waals surface area contributed by atoms with Crippen LogP contribution in [0.3, 0.4) is 0 Å². The third-order valence-electron chi connectivity index (χ3n) is 6.31. The summed E-state index contributed by atoms with van der Waals surface area (Å²) in [5, 5.41) is 7.78. The molecule has 4 aromatic rings. The molecule has 0 radical (unpaired) electrons. The molecule has 1 aliphatic rings. The number of anilines is 1. The second-order valence-electron chi connectivity index (χ2n) is 8.51. The lowest BCUT2D eigenvalue weighted by atomic mass is 10.1. The Morgan fingerprint density at radius 1 is 1.16 bits per heavy atom. The first-order chi connectivity index (χ1) is 15.6. The van der Waals surface area contributed by atoms with E-state index in [1.165, 1.54) is 6.42 Å². The second-order valence-corrected chi connectivity index (χ2v) is 8.51. The Balaban J connectivity index is 1.66. The van der Waals surface area contributed by atoms with Crippen molar-refractivity contribution in [2.24, 2.45) is 0 Å². The van der Waals surface area contributed by atoms with Crippen LogP contribution < -0.4 is 5.73 Å². The predicted octanol–water partition coefficient (Wildman–Crippen LogP) is 2.89. The number of likely N-dealkylation sites (tertiary alicyclic amines) is 1. The van der Waals surface area contributed by atoms with E-state index >= 15 is 0 Å². The van der Waals surface area contributed by atoms with Gasteiger partial charge in [-0.15, -0.1) is 0 Å². The van der Waals surface area contributed by atoms with E-state index in [4.69, 9.17) is 20.3 Å². The van der Waals surface area contributed by atoms with Gasteiger partial charge in [0.15, 0.2) is 17.3 Å². The lowest BCUT2D eigenvalue weighted by molar-refractivity contribution is 0.265. The van der Waals surface area contributed by atoms with Crippen LogP contribution in [0.15, 0.2) is 41.2 Å². The molecule has 9 nitrogen and oxygen atoms in total. The Morgan fingerprint density at radius 2 is 1.97 bits per heavy atom. The highest BCUT2D eigenvalue weighted by Crippen LogP contribution is 2.34. The number of imidazole rings is 1. The number of hydrogen-bond acceptors (Lipinski definition) is 8. The van der Waals surface area contributed by atoms with Gasteiger partial charge in [-0.3, -0.25) is 9.88 Å². The van der Waals surface area contributed by atoms with E-state index in [9.17, 15) is 0 Å². The molecule has 0 aliphatic carbocycles. The first-order valence-corrected chi connectivity index (χ1v) is 11.0. The minimum absolute atomic E-state index is 0.235. The minimum atomic E-state index is 0.235. The fourth-order valence-electron chi connectivity index (χ4n) is 4.59. The summed E-state index contributed by atoms with van der Waals surface area (Å²) >= 11 is 0. The van der Waals surface area contributed by atoms with E-state index in [0.29, 0.717) is 24.1 Å². The van der Waals surface area contributed by atoms with Crippen LogP contribution in [0, 0.1) is 0 Å². The van der Waals surface area contributed by atoms with E-state index < -0.39 is 0 Å². The summed E-state index contributed by atoms with van der Waals surface area (Å²) in [5.41, 5.74) is 11.4. The van der Waals surface area contributed by atoms with Gasteiger partial charge < -0.3 is 15.2 Å². The van der Waals surface area contributed by atoms with Gasteiger partial charge in [-0.25, -0.2) is 9.61 Å². The van der Waals surface area contributed by atoms with Crippen molar-refractivity contribution in [1.82, 2.24) is 34.6 Å². The van der Waals surface area contributed by atoms with Gasteiger partial charge in [0.1, 0.15) is 5.52 Å². The molecule has 166 valence electrons. The Labute approximate surface area is 186 Å². The monoisotopic (exact) mass is 432 g/mol. The molecule has 5 rings (SSSR count). The third-order valence-corrected chi connectivity index (χ3v) is 6.31. The van der Waals surface area contributed by atoms with Gasteiger partial charge in [-0.05, 0) is 37.8 Å².